The number of hydrogen-bond donors (Lipinski definition) is 1. The number of nitrogens with zero attached hydrogens (tertiary/aromatic N) is 2. The van der Waals surface area contributed by atoms with Crippen LogP contribution >= 0.6 is 11.3 Å². The molecule has 0 fully saturated rings. The van der Waals surface area contributed by atoms with Gasteiger partial charge in [0.1, 0.15) is 10.8 Å². The summed E-state index contributed by atoms with van der Waals surface area (Å²) in [5, 5.41) is 4.89. The fraction of sp³-hybridized carbons (Fsp3) is 0.0909. The van der Waals surface area contributed by atoms with Crippen molar-refractivity contribution in [2.24, 2.45) is 0 Å². The number of halogens is 1. The van der Waals surface area contributed by atoms with Gasteiger partial charge in [-0.1, -0.05) is 30.3 Å². The maximum atomic E-state index is 13.3. The molecule has 0 aliphatic carbocycles. The van der Waals surface area contributed by atoms with E-state index in [4.69, 9.17) is 0 Å². The molecule has 1 unspecified atom stereocenters. The Morgan fingerprint density at radius 2 is 1.70 bits per heavy atom. The first-order valence-electron chi connectivity index (χ1n) is 9.16. The van der Waals surface area contributed by atoms with Crippen molar-refractivity contribution in [1.82, 2.24) is 15.3 Å². The summed E-state index contributed by atoms with van der Waals surface area (Å²) >= 11 is 1.56. The van der Waals surface area contributed by atoms with Gasteiger partial charge in [-0.15, -0.1) is 11.3 Å². The van der Waals surface area contributed by atoms with E-state index in [-0.39, 0.29) is 4.90 Å². The molecule has 0 saturated carbocycles. The van der Waals surface area contributed by atoms with Crippen molar-refractivity contribution in [2.45, 2.75) is 16.8 Å². The zero-order valence-corrected chi connectivity index (χ0v) is 17.4. The molecule has 0 aliphatic rings. The first-order chi connectivity index (χ1) is 14.5. The highest BCUT2D eigenvalue weighted by molar-refractivity contribution is 7.91. The van der Waals surface area contributed by atoms with E-state index in [1.54, 1.807) is 41.9 Å². The van der Waals surface area contributed by atoms with E-state index in [9.17, 15) is 12.8 Å². The lowest BCUT2D eigenvalue weighted by atomic mass is 10.1. The predicted octanol–water partition coefficient (Wildman–Crippen LogP) is 4.61. The Kier molecular flexibility index (Phi) is 5.98. The summed E-state index contributed by atoms with van der Waals surface area (Å²) in [5.74, 6) is -0.489. The molecule has 4 rings (SSSR count). The van der Waals surface area contributed by atoms with E-state index in [0.29, 0.717) is 12.2 Å². The Balaban J connectivity index is 1.59. The SMILES string of the molecule is O=S(=O)(c1ccc(F)cc1)C(NCc1ccc(-c2nccs2)cc1)c1ccccn1. The number of hydrogen-bond acceptors (Lipinski definition) is 6. The second kappa shape index (κ2) is 8.83. The van der Waals surface area contributed by atoms with Crippen LogP contribution in [0.2, 0.25) is 0 Å². The molecule has 8 heteroatoms. The van der Waals surface area contributed by atoms with Crippen LogP contribution in [-0.2, 0) is 16.4 Å². The highest BCUT2D eigenvalue weighted by atomic mass is 32.2. The number of nitrogens with one attached hydrogen (secondary N) is 1. The van der Waals surface area contributed by atoms with Crippen LogP contribution in [0.15, 0.2) is 89.4 Å². The zero-order chi connectivity index (χ0) is 21.0. The maximum absolute atomic E-state index is 13.3. The number of benzene rings is 2. The van der Waals surface area contributed by atoms with Crippen molar-refractivity contribution in [2.75, 3.05) is 0 Å². The van der Waals surface area contributed by atoms with E-state index < -0.39 is 21.0 Å². The van der Waals surface area contributed by atoms with Gasteiger partial charge in [-0.3, -0.25) is 10.3 Å². The van der Waals surface area contributed by atoms with Crippen LogP contribution in [0.25, 0.3) is 10.6 Å². The quantitative estimate of drug-likeness (QED) is 0.426. The van der Waals surface area contributed by atoms with Gasteiger partial charge in [0.05, 0.1) is 10.6 Å². The molecule has 0 spiro atoms. The molecule has 4 aromatic rings. The van der Waals surface area contributed by atoms with Crippen LogP contribution in [0.4, 0.5) is 4.39 Å². The van der Waals surface area contributed by atoms with Crippen molar-refractivity contribution in [1.29, 1.82) is 0 Å². The van der Waals surface area contributed by atoms with Crippen LogP contribution in [-0.4, -0.2) is 18.4 Å². The standard InChI is InChI=1S/C22H18FN3O2S2/c23-18-8-10-19(11-9-18)30(27,28)22(20-3-1-2-12-24-20)26-15-16-4-6-17(7-5-16)21-25-13-14-29-21/h1-14,22,26H,15H2. The number of pyridine rings is 1. The fourth-order valence-corrected chi connectivity index (χ4v) is 5.20. The predicted molar refractivity (Wildman–Crippen MR) is 115 cm³/mol. The molecular formula is C22H18FN3O2S2. The van der Waals surface area contributed by atoms with Crippen molar-refractivity contribution in [3.63, 3.8) is 0 Å². The first kappa shape index (κ1) is 20.3. The Hall–Kier alpha value is -2.94. The van der Waals surface area contributed by atoms with Gasteiger partial charge < -0.3 is 0 Å². The second-order valence-corrected chi connectivity index (χ2v) is 9.48. The van der Waals surface area contributed by atoms with Crippen molar-refractivity contribution in [3.05, 3.63) is 102 Å². The molecule has 152 valence electrons. The lowest BCUT2D eigenvalue weighted by Gasteiger charge is -2.19. The molecule has 0 saturated heterocycles. The topological polar surface area (TPSA) is 72.0 Å². The third kappa shape index (κ3) is 4.46. The molecule has 1 N–H and O–H groups in total. The van der Waals surface area contributed by atoms with Gasteiger partial charge in [-0.25, -0.2) is 17.8 Å². The molecule has 2 heterocycles. The van der Waals surface area contributed by atoms with Gasteiger partial charge in [0.2, 0.25) is 0 Å². The fourth-order valence-electron chi connectivity index (χ4n) is 3.01. The molecule has 1 atom stereocenters. The van der Waals surface area contributed by atoms with Gasteiger partial charge >= 0.3 is 0 Å². The van der Waals surface area contributed by atoms with E-state index in [0.717, 1.165) is 28.3 Å². The van der Waals surface area contributed by atoms with E-state index in [2.05, 4.69) is 15.3 Å². The number of sulfone groups is 1. The van der Waals surface area contributed by atoms with Crippen molar-refractivity contribution in [3.8, 4) is 10.6 Å². The molecule has 0 aliphatic heterocycles. The molecule has 30 heavy (non-hydrogen) atoms. The summed E-state index contributed by atoms with van der Waals surface area (Å²) in [6.45, 7) is 0.319. The molecule has 0 radical (unpaired) electrons. The van der Waals surface area contributed by atoms with Gasteiger partial charge in [0.25, 0.3) is 0 Å². The molecule has 2 aromatic carbocycles. The molecule has 0 amide bonds. The minimum Gasteiger partial charge on any atom is -0.292 e. The van der Waals surface area contributed by atoms with Gasteiger partial charge in [-0.05, 0) is 42.0 Å². The Morgan fingerprint density at radius 3 is 2.33 bits per heavy atom. The monoisotopic (exact) mass is 439 g/mol. The van der Waals surface area contributed by atoms with E-state index in [1.807, 2.05) is 29.6 Å². The average molecular weight is 440 g/mol. The minimum absolute atomic E-state index is 0.0335. The number of rotatable bonds is 7. The minimum atomic E-state index is -3.83. The van der Waals surface area contributed by atoms with E-state index >= 15 is 0 Å². The third-order valence-corrected chi connectivity index (χ3v) is 7.31. The van der Waals surface area contributed by atoms with Crippen molar-refractivity contribution >= 4 is 21.2 Å². The Morgan fingerprint density at radius 1 is 0.933 bits per heavy atom. The highest BCUT2D eigenvalue weighted by Gasteiger charge is 2.29. The van der Waals surface area contributed by atoms with Crippen LogP contribution in [0.3, 0.4) is 0 Å². The smallest absolute Gasteiger partial charge is 0.200 e. The molecule has 2 aromatic heterocycles. The summed E-state index contributed by atoms with van der Waals surface area (Å²) < 4.78 is 39.8. The summed E-state index contributed by atoms with van der Waals surface area (Å²) in [6, 6.07) is 17.7. The normalized spacial score (nSPS) is 12.6. The largest absolute Gasteiger partial charge is 0.292 e. The van der Waals surface area contributed by atoms with E-state index in [1.165, 1.54) is 12.1 Å². The molecule has 0 bridgehead atoms. The molecule has 5 nitrogen and oxygen atoms in total. The van der Waals surface area contributed by atoms with Crippen molar-refractivity contribution < 1.29 is 12.8 Å². The van der Waals surface area contributed by atoms with Crippen LogP contribution in [0, 0.1) is 5.82 Å². The lowest BCUT2D eigenvalue weighted by molar-refractivity contribution is 0.549. The summed E-state index contributed by atoms with van der Waals surface area (Å²) in [5.41, 5.74) is 2.31. The Labute approximate surface area is 178 Å². The third-order valence-electron chi connectivity index (χ3n) is 4.53. The van der Waals surface area contributed by atoms with Crippen LogP contribution in [0.1, 0.15) is 16.6 Å². The number of aromatic nitrogens is 2. The maximum Gasteiger partial charge on any atom is 0.200 e. The van der Waals surface area contributed by atoms with Gasteiger partial charge in [0, 0.05) is 29.9 Å². The first-order valence-corrected chi connectivity index (χ1v) is 11.6. The van der Waals surface area contributed by atoms with Crippen LogP contribution in [0.5, 0.6) is 0 Å². The Bertz CT molecular complexity index is 1200. The second-order valence-electron chi connectivity index (χ2n) is 6.55. The van der Waals surface area contributed by atoms with Gasteiger partial charge in [-0.2, -0.15) is 0 Å². The van der Waals surface area contributed by atoms with Crippen LogP contribution < -0.4 is 5.32 Å². The number of thiazole rings is 1. The van der Waals surface area contributed by atoms with Gasteiger partial charge in [0.15, 0.2) is 15.2 Å². The summed E-state index contributed by atoms with van der Waals surface area (Å²) in [4.78, 5) is 8.55. The highest BCUT2D eigenvalue weighted by Crippen LogP contribution is 2.27. The zero-order valence-electron chi connectivity index (χ0n) is 15.8. The lowest BCUT2D eigenvalue weighted by Crippen LogP contribution is -2.29. The summed E-state index contributed by atoms with van der Waals surface area (Å²) in [7, 11) is -3.83. The summed E-state index contributed by atoms with van der Waals surface area (Å²) in [6.07, 6.45) is 3.31. The molecular weight excluding hydrogens is 421 g/mol. The average Bonchev–Trinajstić information content (AvgIpc) is 3.30.